The molecule has 4 N–H and O–H groups in total. The second kappa shape index (κ2) is 3.37. The van der Waals surface area contributed by atoms with Gasteiger partial charge in [-0.25, -0.2) is 0 Å². The van der Waals surface area contributed by atoms with Gasteiger partial charge in [0.25, 0.3) is 0 Å². The van der Waals surface area contributed by atoms with E-state index in [0.717, 1.165) is 24.0 Å². The van der Waals surface area contributed by atoms with Crippen LogP contribution in [0.4, 0.5) is 0 Å². The van der Waals surface area contributed by atoms with Crippen molar-refractivity contribution in [2.24, 2.45) is 16.6 Å². The highest BCUT2D eigenvalue weighted by Gasteiger charge is 2.66. The van der Waals surface area contributed by atoms with E-state index in [0.29, 0.717) is 5.57 Å². The fraction of sp³-hybridized carbons (Fsp3) is 0.667. The molecule has 0 radical (unpaired) electrons. The first-order chi connectivity index (χ1) is 8.71. The van der Waals surface area contributed by atoms with Crippen molar-refractivity contribution in [2.45, 2.75) is 45.3 Å². The van der Waals surface area contributed by atoms with Crippen LogP contribution in [0.1, 0.15) is 33.6 Å². The lowest BCUT2D eigenvalue weighted by molar-refractivity contribution is -0.137. The molecule has 0 aliphatic heterocycles. The van der Waals surface area contributed by atoms with E-state index >= 15 is 0 Å². The van der Waals surface area contributed by atoms with Crippen LogP contribution < -0.4 is 5.73 Å². The zero-order chi connectivity index (χ0) is 14.2. The maximum absolute atomic E-state index is 12.6. The monoisotopic (exact) mass is 263 g/mol. The summed E-state index contributed by atoms with van der Waals surface area (Å²) in [6, 6.07) is -0.370. The number of fused-ring (bicyclic) bond motifs is 1. The molecular weight excluding hydrogens is 242 g/mol. The summed E-state index contributed by atoms with van der Waals surface area (Å²) in [6.07, 6.45) is 3.41. The molecule has 0 amide bonds. The van der Waals surface area contributed by atoms with Crippen LogP contribution >= 0.6 is 0 Å². The molecule has 0 aromatic heterocycles. The maximum Gasteiger partial charge on any atom is 0.194 e. The van der Waals surface area contributed by atoms with E-state index in [2.05, 4.69) is 0 Å². The SMILES string of the molecule is CC1=C2C(=C[C@@](C)(CO)[C@H]2N)C(=O)[C@](C)(O)C12CC2. The molecule has 0 aromatic rings. The van der Waals surface area contributed by atoms with E-state index in [9.17, 15) is 15.0 Å². The molecule has 104 valence electrons. The van der Waals surface area contributed by atoms with Crippen LogP contribution in [0.5, 0.6) is 0 Å². The van der Waals surface area contributed by atoms with E-state index < -0.39 is 16.4 Å². The van der Waals surface area contributed by atoms with Crippen molar-refractivity contribution >= 4 is 5.78 Å². The van der Waals surface area contributed by atoms with Crippen LogP contribution in [0.15, 0.2) is 22.8 Å². The third-order valence-electron chi connectivity index (χ3n) is 5.62. The molecule has 0 unspecified atom stereocenters. The van der Waals surface area contributed by atoms with Crippen LogP contribution in [0, 0.1) is 10.8 Å². The standard InChI is InChI=1S/C15H21NO3/c1-8-10-9(6-13(2,7-17)11(10)16)12(18)14(3,19)15(8)4-5-15/h6,11,17,19H,4-5,7,16H2,1-3H3/t11-,13-,14-/m0/s1. The topological polar surface area (TPSA) is 83.5 Å². The quantitative estimate of drug-likeness (QED) is 0.649. The Morgan fingerprint density at radius 1 is 1.42 bits per heavy atom. The number of hydrogen-bond acceptors (Lipinski definition) is 4. The Kier molecular flexibility index (Phi) is 2.31. The molecule has 3 aliphatic rings. The second-order valence-corrected chi connectivity index (χ2v) is 6.72. The van der Waals surface area contributed by atoms with E-state index in [-0.39, 0.29) is 18.4 Å². The Balaban J connectivity index is 2.25. The van der Waals surface area contributed by atoms with Gasteiger partial charge in [-0.3, -0.25) is 4.79 Å². The molecule has 0 aromatic carbocycles. The maximum atomic E-state index is 12.6. The Morgan fingerprint density at radius 2 is 2.00 bits per heavy atom. The van der Waals surface area contributed by atoms with Gasteiger partial charge in [-0.1, -0.05) is 18.6 Å². The van der Waals surface area contributed by atoms with Crippen LogP contribution in [0.25, 0.3) is 0 Å². The van der Waals surface area contributed by atoms with Gasteiger partial charge in [0.05, 0.1) is 6.61 Å². The molecule has 1 spiro atoms. The van der Waals surface area contributed by atoms with Crippen LogP contribution in [-0.2, 0) is 4.79 Å². The normalized spacial score (nSPS) is 43.6. The van der Waals surface area contributed by atoms with E-state index in [1.165, 1.54) is 0 Å². The zero-order valence-electron chi connectivity index (χ0n) is 11.7. The molecule has 1 saturated carbocycles. The number of ketones is 1. The third kappa shape index (κ3) is 1.27. The molecule has 19 heavy (non-hydrogen) atoms. The molecular formula is C15H21NO3. The summed E-state index contributed by atoms with van der Waals surface area (Å²) in [6.45, 7) is 5.34. The van der Waals surface area contributed by atoms with Crippen molar-refractivity contribution in [1.29, 1.82) is 0 Å². The Bertz CT molecular complexity index is 540. The second-order valence-electron chi connectivity index (χ2n) is 6.72. The van der Waals surface area contributed by atoms with Crippen molar-refractivity contribution < 1.29 is 15.0 Å². The number of carbonyl (C=O) groups is 1. The van der Waals surface area contributed by atoms with E-state index in [4.69, 9.17) is 5.73 Å². The average Bonchev–Trinajstić information content (AvgIpc) is 3.12. The average molecular weight is 263 g/mol. The number of hydrogen-bond donors (Lipinski definition) is 3. The highest BCUT2D eigenvalue weighted by atomic mass is 16.3. The molecule has 3 rings (SSSR count). The first-order valence-electron chi connectivity index (χ1n) is 6.79. The van der Waals surface area contributed by atoms with Gasteiger partial charge in [-0.05, 0) is 32.3 Å². The lowest BCUT2D eigenvalue weighted by Gasteiger charge is -2.40. The first kappa shape index (κ1) is 13.0. The summed E-state index contributed by atoms with van der Waals surface area (Å²) >= 11 is 0. The number of carbonyl (C=O) groups excluding carboxylic acids is 1. The molecule has 1 fully saturated rings. The van der Waals surface area contributed by atoms with Gasteiger partial charge in [-0.15, -0.1) is 0 Å². The molecule has 3 aliphatic carbocycles. The lowest BCUT2D eigenvalue weighted by atomic mass is 9.67. The van der Waals surface area contributed by atoms with Gasteiger partial charge in [-0.2, -0.15) is 0 Å². The van der Waals surface area contributed by atoms with Crippen molar-refractivity contribution in [3.8, 4) is 0 Å². The predicted molar refractivity (Wildman–Crippen MR) is 71.2 cm³/mol. The smallest absolute Gasteiger partial charge is 0.194 e. The highest BCUT2D eigenvalue weighted by Crippen LogP contribution is 2.65. The lowest BCUT2D eigenvalue weighted by Crippen LogP contribution is -2.50. The molecule has 4 heteroatoms. The fourth-order valence-corrected chi connectivity index (χ4v) is 3.85. The summed E-state index contributed by atoms with van der Waals surface area (Å²) in [4.78, 5) is 12.6. The molecule has 0 bridgehead atoms. The summed E-state index contributed by atoms with van der Waals surface area (Å²) in [7, 11) is 0. The van der Waals surface area contributed by atoms with Gasteiger partial charge in [0, 0.05) is 22.4 Å². The predicted octanol–water partition coefficient (Wildman–Crippen LogP) is 0.683. The van der Waals surface area contributed by atoms with Crippen LogP contribution in [-0.4, -0.2) is 34.2 Å². The van der Waals surface area contributed by atoms with E-state index in [1.807, 2.05) is 13.8 Å². The minimum absolute atomic E-state index is 0.100. The highest BCUT2D eigenvalue weighted by molar-refractivity contribution is 6.09. The molecule has 0 saturated heterocycles. The van der Waals surface area contributed by atoms with Gasteiger partial charge in [0.1, 0.15) is 5.60 Å². The molecule has 4 nitrogen and oxygen atoms in total. The van der Waals surface area contributed by atoms with E-state index in [1.54, 1.807) is 13.0 Å². The van der Waals surface area contributed by atoms with Gasteiger partial charge in [0.15, 0.2) is 5.78 Å². The molecule has 3 atom stereocenters. The van der Waals surface area contributed by atoms with Gasteiger partial charge in [0.2, 0.25) is 0 Å². The van der Waals surface area contributed by atoms with Crippen LogP contribution in [0.3, 0.4) is 0 Å². The number of aliphatic hydroxyl groups is 2. The van der Waals surface area contributed by atoms with Crippen molar-refractivity contribution in [1.82, 2.24) is 0 Å². The number of rotatable bonds is 1. The summed E-state index contributed by atoms with van der Waals surface area (Å²) < 4.78 is 0. The molecule has 0 heterocycles. The third-order valence-corrected chi connectivity index (χ3v) is 5.62. The first-order valence-corrected chi connectivity index (χ1v) is 6.79. The largest absolute Gasteiger partial charge is 0.395 e. The summed E-state index contributed by atoms with van der Waals surface area (Å²) in [5.74, 6) is -0.238. The van der Waals surface area contributed by atoms with Crippen LogP contribution in [0.2, 0.25) is 0 Å². The number of aliphatic hydroxyl groups excluding tert-OH is 1. The van der Waals surface area contributed by atoms with Gasteiger partial charge >= 0.3 is 0 Å². The summed E-state index contributed by atoms with van der Waals surface area (Å²) in [5, 5.41) is 20.2. The van der Waals surface area contributed by atoms with Crippen molar-refractivity contribution in [3.05, 3.63) is 22.8 Å². The fourth-order valence-electron chi connectivity index (χ4n) is 3.85. The Hall–Kier alpha value is -0.970. The summed E-state index contributed by atoms with van der Waals surface area (Å²) in [5.41, 5.74) is 6.29. The zero-order valence-corrected chi connectivity index (χ0v) is 11.7. The Labute approximate surface area is 113 Å². The minimum Gasteiger partial charge on any atom is -0.395 e. The minimum atomic E-state index is -1.34. The van der Waals surface area contributed by atoms with Gasteiger partial charge < -0.3 is 15.9 Å². The van der Waals surface area contributed by atoms with Crippen molar-refractivity contribution in [3.63, 3.8) is 0 Å². The number of nitrogens with two attached hydrogens (primary N) is 1. The van der Waals surface area contributed by atoms with Crippen molar-refractivity contribution in [2.75, 3.05) is 6.61 Å². The Morgan fingerprint density at radius 3 is 2.47 bits per heavy atom. The number of Topliss-reactive ketones (excluding diaryl/α,β-unsaturated/α-hetero) is 1.